The molecule has 1 N–H and O–H groups in total. The number of hydrogen-bond donors (Lipinski definition) is 1. The van der Waals surface area contributed by atoms with E-state index < -0.39 is 6.10 Å². The van der Waals surface area contributed by atoms with Crippen LogP contribution in [0.2, 0.25) is 0 Å². The van der Waals surface area contributed by atoms with Gasteiger partial charge < -0.3 is 5.11 Å². The lowest BCUT2D eigenvalue weighted by Gasteiger charge is -2.14. The number of benzene rings is 1. The Morgan fingerprint density at radius 2 is 2.05 bits per heavy atom. The molecule has 0 aliphatic heterocycles. The van der Waals surface area contributed by atoms with E-state index in [1.54, 1.807) is 10.7 Å². The van der Waals surface area contributed by atoms with Crippen molar-refractivity contribution in [2.75, 3.05) is 0 Å². The molecule has 0 saturated heterocycles. The highest BCUT2D eigenvalue weighted by molar-refractivity contribution is 5.28. The maximum absolute atomic E-state index is 13.1. The number of nitrogens with zero attached hydrogens (tertiary/aromatic N) is 2. The van der Waals surface area contributed by atoms with Crippen LogP contribution in [0.25, 0.3) is 0 Å². The number of aryl methyl sites for hydroxylation is 3. The minimum Gasteiger partial charge on any atom is -0.386 e. The molecule has 0 bridgehead atoms. The Balaban J connectivity index is 2.22. The molecule has 0 saturated carbocycles. The molecule has 0 fully saturated rings. The summed E-state index contributed by atoms with van der Waals surface area (Å²) in [4.78, 5) is 0. The largest absolute Gasteiger partial charge is 0.386 e. The van der Waals surface area contributed by atoms with E-state index in [-0.39, 0.29) is 5.82 Å². The third kappa shape index (κ3) is 3.01. The molecule has 0 aliphatic rings. The van der Waals surface area contributed by atoms with E-state index in [4.69, 9.17) is 0 Å². The summed E-state index contributed by atoms with van der Waals surface area (Å²) in [6.45, 7) is 6.48. The Bertz CT molecular complexity index is 578. The van der Waals surface area contributed by atoms with Gasteiger partial charge in [0.05, 0.1) is 17.5 Å². The highest BCUT2D eigenvalue weighted by atomic mass is 19.1. The van der Waals surface area contributed by atoms with Crippen molar-refractivity contribution in [1.29, 1.82) is 0 Å². The van der Waals surface area contributed by atoms with E-state index in [2.05, 4.69) is 5.10 Å². The maximum Gasteiger partial charge on any atom is 0.123 e. The summed E-state index contributed by atoms with van der Waals surface area (Å²) in [5, 5.41) is 14.7. The van der Waals surface area contributed by atoms with Gasteiger partial charge in [0.2, 0.25) is 0 Å². The van der Waals surface area contributed by atoms with Crippen LogP contribution in [0.5, 0.6) is 0 Å². The van der Waals surface area contributed by atoms with Crippen LogP contribution in [0.1, 0.15) is 35.5 Å². The lowest BCUT2D eigenvalue weighted by molar-refractivity contribution is 0.167. The normalized spacial score (nSPS) is 12.7. The summed E-state index contributed by atoms with van der Waals surface area (Å²) >= 11 is 0. The van der Waals surface area contributed by atoms with Crippen molar-refractivity contribution in [3.8, 4) is 0 Å². The van der Waals surface area contributed by atoms with Crippen LogP contribution in [-0.4, -0.2) is 14.9 Å². The van der Waals surface area contributed by atoms with Gasteiger partial charge in [0.1, 0.15) is 5.82 Å². The monoisotopic (exact) mass is 262 g/mol. The van der Waals surface area contributed by atoms with Crippen LogP contribution in [0.4, 0.5) is 4.39 Å². The number of rotatable bonds is 4. The third-order valence-electron chi connectivity index (χ3n) is 3.29. The first-order valence-corrected chi connectivity index (χ1v) is 6.48. The summed E-state index contributed by atoms with van der Waals surface area (Å²) in [6.07, 6.45) is -0.151. The molecule has 0 spiro atoms. The van der Waals surface area contributed by atoms with Gasteiger partial charge in [-0.15, -0.1) is 0 Å². The van der Waals surface area contributed by atoms with Crippen molar-refractivity contribution in [2.24, 2.45) is 0 Å². The fourth-order valence-electron chi connectivity index (χ4n) is 2.29. The van der Waals surface area contributed by atoms with E-state index >= 15 is 0 Å². The van der Waals surface area contributed by atoms with Crippen LogP contribution in [0.15, 0.2) is 24.3 Å². The maximum atomic E-state index is 13.1. The first-order chi connectivity index (χ1) is 9.01. The third-order valence-corrected chi connectivity index (χ3v) is 3.29. The molecule has 3 nitrogen and oxygen atoms in total. The minimum atomic E-state index is -0.620. The second kappa shape index (κ2) is 5.53. The molecule has 0 radical (unpaired) electrons. The first-order valence-electron chi connectivity index (χ1n) is 6.48. The second-order valence-electron chi connectivity index (χ2n) is 4.82. The molecule has 1 heterocycles. The van der Waals surface area contributed by atoms with Crippen molar-refractivity contribution in [3.63, 3.8) is 0 Å². The summed E-state index contributed by atoms with van der Waals surface area (Å²) in [5.74, 6) is -0.245. The van der Waals surface area contributed by atoms with Gasteiger partial charge in [0.15, 0.2) is 0 Å². The van der Waals surface area contributed by atoms with Crippen LogP contribution < -0.4 is 0 Å². The summed E-state index contributed by atoms with van der Waals surface area (Å²) in [5.41, 5.74) is 3.52. The van der Waals surface area contributed by atoms with Gasteiger partial charge in [-0.2, -0.15) is 5.10 Å². The van der Waals surface area contributed by atoms with Crippen molar-refractivity contribution < 1.29 is 9.50 Å². The molecular weight excluding hydrogens is 243 g/mol. The lowest BCUT2D eigenvalue weighted by Crippen LogP contribution is -2.10. The van der Waals surface area contributed by atoms with Crippen LogP contribution >= 0.6 is 0 Å². The molecule has 1 atom stereocenters. The van der Waals surface area contributed by atoms with Crippen molar-refractivity contribution >= 4 is 0 Å². The Morgan fingerprint density at radius 1 is 1.32 bits per heavy atom. The lowest BCUT2D eigenvalue weighted by atomic mass is 10.0. The van der Waals surface area contributed by atoms with Crippen molar-refractivity contribution in [3.05, 3.63) is 52.6 Å². The number of aliphatic hydroxyl groups is 1. The van der Waals surface area contributed by atoms with Gasteiger partial charge in [-0.3, -0.25) is 4.68 Å². The standard InChI is InChI=1S/C15H19FN2O/c1-4-18-14(8-11(3)17-18)15(19)9-12-5-6-13(16)7-10(12)2/h5-8,15,19H,4,9H2,1-3H3. The van der Waals surface area contributed by atoms with E-state index in [0.29, 0.717) is 6.42 Å². The van der Waals surface area contributed by atoms with E-state index in [0.717, 1.165) is 29.1 Å². The van der Waals surface area contributed by atoms with Gasteiger partial charge in [0.25, 0.3) is 0 Å². The van der Waals surface area contributed by atoms with Crippen LogP contribution in [0.3, 0.4) is 0 Å². The van der Waals surface area contributed by atoms with Gasteiger partial charge in [-0.05, 0) is 50.1 Å². The Labute approximate surface area is 112 Å². The predicted octanol–water partition coefficient (Wildman–Crippen LogP) is 2.94. The summed E-state index contributed by atoms with van der Waals surface area (Å²) in [7, 11) is 0. The topological polar surface area (TPSA) is 38.0 Å². The van der Waals surface area contributed by atoms with Crippen molar-refractivity contribution in [2.45, 2.75) is 39.8 Å². The van der Waals surface area contributed by atoms with E-state index in [9.17, 15) is 9.50 Å². The number of aromatic nitrogens is 2. The number of hydrogen-bond acceptors (Lipinski definition) is 2. The van der Waals surface area contributed by atoms with Crippen LogP contribution in [-0.2, 0) is 13.0 Å². The molecule has 1 aromatic heterocycles. The molecule has 2 aromatic rings. The summed E-state index contributed by atoms with van der Waals surface area (Å²) in [6, 6.07) is 6.54. The van der Waals surface area contributed by atoms with Crippen LogP contribution in [0, 0.1) is 19.7 Å². The van der Waals surface area contributed by atoms with Crippen molar-refractivity contribution in [1.82, 2.24) is 9.78 Å². The average molecular weight is 262 g/mol. The highest BCUT2D eigenvalue weighted by Crippen LogP contribution is 2.21. The molecule has 0 amide bonds. The zero-order chi connectivity index (χ0) is 14.0. The van der Waals surface area contributed by atoms with Gasteiger partial charge >= 0.3 is 0 Å². The Kier molecular flexibility index (Phi) is 4.00. The quantitative estimate of drug-likeness (QED) is 0.920. The number of aliphatic hydroxyl groups excluding tert-OH is 1. The molecular formula is C15H19FN2O. The number of halogens is 1. The average Bonchev–Trinajstić information content (AvgIpc) is 2.74. The molecule has 2 rings (SSSR count). The van der Waals surface area contributed by atoms with Gasteiger partial charge in [0, 0.05) is 13.0 Å². The van der Waals surface area contributed by atoms with Gasteiger partial charge in [-0.1, -0.05) is 6.07 Å². The predicted molar refractivity (Wildman–Crippen MR) is 72.4 cm³/mol. The molecule has 102 valence electrons. The molecule has 0 aliphatic carbocycles. The molecule has 1 aromatic carbocycles. The fourth-order valence-corrected chi connectivity index (χ4v) is 2.29. The Morgan fingerprint density at radius 3 is 2.68 bits per heavy atom. The molecule has 4 heteroatoms. The van der Waals surface area contributed by atoms with E-state index in [1.807, 2.05) is 26.8 Å². The minimum absolute atomic E-state index is 0.245. The first kappa shape index (κ1) is 13.7. The van der Waals surface area contributed by atoms with E-state index in [1.165, 1.54) is 12.1 Å². The fraction of sp³-hybridized carbons (Fsp3) is 0.400. The zero-order valence-corrected chi connectivity index (χ0v) is 11.5. The van der Waals surface area contributed by atoms with Gasteiger partial charge in [-0.25, -0.2) is 4.39 Å². The zero-order valence-electron chi connectivity index (χ0n) is 11.5. The highest BCUT2D eigenvalue weighted by Gasteiger charge is 2.15. The summed E-state index contributed by atoms with van der Waals surface area (Å²) < 4.78 is 14.9. The molecule has 19 heavy (non-hydrogen) atoms. The molecule has 1 unspecified atom stereocenters. The SMILES string of the molecule is CCn1nc(C)cc1C(O)Cc1ccc(F)cc1C. The smallest absolute Gasteiger partial charge is 0.123 e. The Hall–Kier alpha value is -1.68. The second-order valence-corrected chi connectivity index (χ2v) is 4.82.